The number of sulfonamides is 1. The van der Waals surface area contributed by atoms with Gasteiger partial charge in [-0.1, -0.05) is 18.2 Å². The van der Waals surface area contributed by atoms with Gasteiger partial charge < -0.3 is 4.74 Å². The summed E-state index contributed by atoms with van der Waals surface area (Å²) in [5.74, 6) is -0.00920. The van der Waals surface area contributed by atoms with Gasteiger partial charge in [-0.15, -0.1) is 4.83 Å². The van der Waals surface area contributed by atoms with Gasteiger partial charge in [0.05, 0.1) is 6.20 Å². The van der Waals surface area contributed by atoms with E-state index >= 15 is 0 Å². The number of ether oxygens (including phenoxy) is 1. The van der Waals surface area contributed by atoms with E-state index in [1.807, 2.05) is 36.9 Å². The number of nitrogens with zero attached hydrogens (tertiary/aromatic N) is 1. The van der Waals surface area contributed by atoms with Crippen molar-refractivity contribution in [3.8, 4) is 5.75 Å². The molecule has 1 aromatic carbocycles. The van der Waals surface area contributed by atoms with Crippen molar-refractivity contribution in [1.82, 2.24) is 20.5 Å². The van der Waals surface area contributed by atoms with E-state index in [2.05, 4.69) is 15.6 Å². The zero-order chi connectivity index (χ0) is 16.2. The highest BCUT2D eigenvalue weighted by Gasteiger charge is 2.16. The molecule has 3 N–H and O–H groups in total. The molecule has 0 aliphatic heterocycles. The zero-order valence-electron chi connectivity index (χ0n) is 12.1. The third-order valence-corrected chi connectivity index (χ3v) is 4.08. The molecule has 0 saturated heterocycles. The van der Waals surface area contributed by atoms with Crippen LogP contribution in [0.2, 0.25) is 0 Å². The number of H-pyrrole nitrogens is 1. The monoisotopic (exact) mass is 324 g/mol. The predicted molar refractivity (Wildman–Crippen MR) is 78.5 cm³/mol. The fraction of sp³-hybridized carbons (Fsp3) is 0.231. The molecule has 2 rings (SSSR count). The molecule has 0 radical (unpaired) electrons. The van der Waals surface area contributed by atoms with E-state index in [4.69, 9.17) is 4.74 Å². The van der Waals surface area contributed by atoms with E-state index in [1.165, 1.54) is 6.20 Å². The Morgan fingerprint density at radius 3 is 2.59 bits per heavy atom. The van der Waals surface area contributed by atoms with Crippen LogP contribution >= 0.6 is 0 Å². The van der Waals surface area contributed by atoms with Crippen LogP contribution in [0.4, 0.5) is 0 Å². The Morgan fingerprint density at radius 2 is 2.00 bits per heavy atom. The molecule has 0 aliphatic carbocycles. The normalized spacial score (nSPS) is 11.2. The van der Waals surface area contributed by atoms with E-state index < -0.39 is 15.9 Å². The zero-order valence-corrected chi connectivity index (χ0v) is 12.9. The van der Waals surface area contributed by atoms with Crippen LogP contribution in [0.5, 0.6) is 5.75 Å². The molecule has 1 aromatic heterocycles. The summed E-state index contributed by atoms with van der Waals surface area (Å²) in [5, 5.41) is 5.91. The molecule has 9 heteroatoms. The number of hydrogen-bond acceptors (Lipinski definition) is 5. The average Bonchev–Trinajstić information content (AvgIpc) is 3.00. The number of benzene rings is 1. The summed E-state index contributed by atoms with van der Waals surface area (Å²) < 4.78 is 28.9. The largest absolute Gasteiger partial charge is 0.483 e. The first-order valence-electron chi connectivity index (χ1n) is 6.38. The van der Waals surface area contributed by atoms with Crippen LogP contribution in [0.25, 0.3) is 0 Å². The molecule has 0 atom stereocenters. The quantitative estimate of drug-likeness (QED) is 0.666. The van der Waals surface area contributed by atoms with Gasteiger partial charge >= 0.3 is 0 Å². The fourth-order valence-corrected chi connectivity index (χ4v) is 2.54. The standard InChI is InChI=1S/C13H16N4O4S/c1-9-4-3-5-10(2)13(9)21-8-12(18)16-17-22(19,20)11-6-14-15-7-11/h3-7,17H,8H2,1-2H3,(H,14,15)(H,16,18). The van der Waals surface area contributed by atoms with Crippen LogP contribution in [0.3, 0.4) is 0 Å². The van der Waals surface area contributed by atoms with Crippen LogP contribution < -0.4 is 15.0 Å². The minimum atomic E-state index is -3.84. The van der Waals surface area contributed by atoms with Gasteiger partial charge in [-0.05, 0) is 25.0 Å². The van der Waals surface area contributed by atoms with Gasteiger partial charge in [0.25, 0.3) is 15.9 Å². The van der Waals surface area contributed by atoms with Gasteiger partial charge in [0.15, 0.2) is 6.61 Å². The molecule has 0 aliphatic rings. The van der Waals surface area contributed by atoms with Gasteiger partial charge in [-0.25, -0.2) is 8.42 Å². The van der Waals surface area contributed by atoms with Crippen molar-refractivity contribution < 1.29 is 17.9 Å². The summed E-state index contributed by atoms with van der Waals surface area (Å²) in [5.41, 5.74) is 3.87. The molecule has 2 aromatic rings. The van der Waals surface area contributed by atoms with Gasteiger partial charge in [0.1, 0.15) is 10.6 Å². The molecule has 0 fully saturated rings. The maximum Gasteiger partial charge on any atom is 0.272 e. The molecular weight excluding hydrogens is 308 g/mol. The van der Waals surface area contributed by atoms with Crippen LogP contribution in [0.15, 0.2) is 35.5 Å². The van der Waals surface area contributed by atoms with Crippen molar-refractivity contribution in [1.29, 1.82) is 0 Å². The summed E-state index contributed by atoms with van der Waals surface area (Å²) in [4.78, 5) is 13.5. The lowest BCUT2D eigenvalue weighted by Crippen LogP contribution is -2.43. The lowest BCUT2D eigenvalue weighted by atomic mass is 10.1. The Kier molecular flexibility index (Phi) is 4.78. The second-order valence-electron chi connectivity index (χ2n) is 4.60. The summed E-state index contributed by atoms with van der Waals surface area (Å²) in [6, 6.07) is 5.61. The summed E-state index contributed by atoms with van der Waals surface area (Å²) in [7, 11) is -3.84. The molecule has 118 valence electrons. The summed E-state index contributed by atoms with van der Waals surface area (Å²) in [6.07, 6.45) is 2.32. The van der Waals surface area contributed by atoms with Crippen molar-refractivity contribution in [2.75, 3.05) is 6.61 Å². The number of carbonyl (C=O) groups excluding carboxylic acids is 1. The molecule has 22 heavy (non-hydrogen) atoms. The third kappa shape index (κ3) is 3.83. The molecule has 0 unspecified atom stereocenters. The fourth-order valence-electron chi connectivity index (χ4n) is 1.77. The average molecular weight is 324 g/mol. The number of hydrazine groups is 1. The number of aromatic nitrogens is 2. The van der Waals surface area contributed by atoms with E-state index in [0.29, 0.717) is 5.75 Å². The highest BCUT2D eigenvalue weighted by Crippen LogP contribution is 2.21. The number of rotatable bonds is 6. The van der Waals surface area contributed by atoms with Crippen molar-refractivity contribution in [2.45, 2.75) is 18.7 Å². The Bertz CT molecular complexity index is 736. The van der Waals surface area contributed by atoms with Crippen LogP contribution in [0, 0.1) is 13.8 Å². The Balaban J connectivity index is 1.89. The van der Waals surface area contributed by atoms with E-state index in [1.54, 1.807) is 0 Å². The topological polar surface area (TPSA) is 113 Å². The van der Waals surface area contributed by atoms with Crippen molar-refractivity contribution in [3.63, 3.8) is 0 Å². The molecule has 8 nitrogen and oxygen atoms in total. The summed E-state index contributed by atoms with van der Waals surface area (Å²) in [6.45, 7) is 3.42. The van der Waals surface area contributed by atoms with Crippen molar-refractivity contribution >= 4 is 15.9 Å². The molecule has 0 saturated carbocycles. The number of carbonyl (C=O) groups is 1. The molecular formula is C13H16N4O4S. The first-order valence-corrected chi connectivity index (χ1v) is 7.87. The molecule has 0 spiro atoms. The van der Waals surface area contributed by atoms with Gasteiger partial charge in [-0.2, -0.15) is 5.10 Å². The molecule has 0 bridgehead atoms. The van der Waals surface area contributed by atoms with Gasteiger partial charge in [0.2, 0.25) is 0 Å². The second-order valence-corrected chi connectivity index (χ2v) is 6.28. The van der Waals surface area contributed by atoms with Crippen molar-refractivity contribution in [2.24, 2.45) is 0 Å². The molecule has 1 amide bonds. The van der Waals surface area contributed by atoms with Crippen LogP contribution in [-0.2, 0) is 14.8 Å². The van der Waals surface area contributed by atoms with E-state index in [9.17, 15) is 13.2 Å². The van der Waals surface area contributed by atoms with Crippen LogP contribution in [0.1, 0.15) is 11.1 Å². The number of nitrogens with one attached hydrogen (secondary N) is 3. The second kappa shape index (κ2) is 6.58. The lowest BCUT2D eigenvalue weighted by Gasteiger charge is -2.12. The SMILES string of the molecule is Cc1cccc(C)c1OCC(=O)NNS(=O)(=O)c1cn[nH]c1. The highest BCUT2D eigenvalue weighted by molar-refractivity contribution is 7.89. The number of aryl methyl sites for hydroxylation is 2. The Hall–Kier alpha value is -2.39. The Morgan fingerprint density at radius 1 is 1.32 bits per heavy atom. The number of aromatic amines is 1. The number of amides is 1. The smallest absolute Gasteiger partial charge is 0.272 e. The lowest BCUT2D eigenvalue weighted by molar-refractivity contribution is -0.123. The van der Waals surface area contributed by atoms with Gasteiger partial charge in [-0.3, -0.25) is 15.3 Å². The number of hydrogen-bond donors (Lipinski definition) is 3. The minimum absolute atomic E-state index is 0.0801. The van der Waals surface area contributed by atoms with E-state index in [0.717, 1.165) is 17.3 Å². The third-order valence-electron chi connectivity index (χ3n) is 2.86. The maximum absolute atomic E-state index is 11.8. The molecule has 1 heterocycles. The first kappa shape index (κ1) is 16.0. The van der Waals surface area contributed by atoms with E-state index in [-0.39, 0.29) is 11.5 Å². The summed E-state index contributed by atoms with van der Waals surface area (Å²) >= 11 is 0. The maximum atomic E-state index is 11.8. The minimum Gasteiger partial charge on any atom is -0.483 e. The Labute approximate surface area is 127 Å². The van der Waals surface area contributed by atoms with Gasteiger partial charge in [0, 0.05) is 6.20 Å². The highest BCUT2D eigenvalue weighted by atomic mass is 32.2. The number of para-hydroxylation sites is 1. The van der Waals surface area contributed by atoms with Crippen molar-refractivity contribution in [3.05, 3.63) is 41.7 Å². The first-order chi connectivity index (χ1) is 10.4. The van der Waals surface area contributed by atoms with Crippen LogP contribution in [-0.4, -0.2) is 31.1 Å². The predicted octanol–water partition coefficient (Wildman–Crippen LogP) is 0.415.